The highest BCUT2D eigenvalue weighted by Gasteiger charge is 2.32. The number of carbonyl (C=O) groups is 1. The first kappa shape index (κ1) is 17.4. The highest BCUT2D eigenvalue weighted by molar-refractivity contribution is 6.06. The van der Waals surface area contributed by atoms with Crippen LogP contribution in [0.4, 0.5) is 0 Å². The number of nitriles is 1. The number of methoxy groups -OCH3 is 3. The molecule has 134 valence electrons. The second-order valence-corrected chi connectivity index (χ2v) is 5.42. The Morgan fingerprint density at radius 1 is 1.08 bits per heavy atom. The smallest absolute Gasteiger partial charge is 0.231 e. The van der Waals surface area contributed by atoms with Crippen molar-refractivity contribution in [3.05, 3.63) is 41.5 Å². The van der Waals surface area contributed by atoms with E-state index in [0.29, 0.717) is 28.6 Å². The van der Waals surface area contributed by atoms with E-state index in [0.717, 1.165) is 0 Å². The van der Waals surface area contributed by atoms with Crippen LogP contribution in [-0.2, 0) is 0 Å². The molecule has 1 atom stereocenters. The van der Waals surface area contributed by atoms with E-state index < -0.39 is 11.7 Å². The summed E-state index contributed by atoms with van der Waals surface area (Å²) in [5, 5.41) is 9.59. The molecule has 0 amide bonds. The molecule has 1 heterocycles. The van der Waals surface area contributed by atoms with Gasteiger partial charge in [0.1, 0.15) is 11.7 Å². The minimum atomic E-state index is -1.01. The van der Waals surface area contributed by atoms with Crippen LogP contribution in [0.25, 0.3) is 0 Å². The zero-order chi connectivity index (χ0) is 18.7. The van der Waals surface area contributed by atoms with Crippen molar-refractivity contribution in [1.82, 2.24) is 0 Å². The topological polar surface area (TPSA) is 87.0 Å². The highest BCUT2D eigenvalue weighted by atomic mass is 16.7. The van der Waals surface area contributed by atoms with Crippen LogP contribution in [0.3, 0.4) is 0 Å². The van der Waals surface area contributed by atoms with E-state index in [9.17, 15) is 10.1 Å². The van der Waals surface area contributed by atoms with Crippen LogP contribution in [-0.4, -0.2) is 33.9 Å². The van der Waals surface area contributed by atoms with Crippen LogP contribution in [0.5, 0.6) is 28.7 Å². The van der Waals surface area contributed by atoms with Gasteiger partial charge in [-0.15, -0.1) is 0 Å². The molecule has 2 aromatic rings. The molecule has 26 heavy (non-hydrogen) atoms. The fourth-order valence-corrected chi connectivity index (χ4v) is 2.79. The average molecular weight is 355 g/mol. The van der Waals surface area contributed by atoms with Gasteiger partial charge in [-0.3, -0.25) is 4.79 Å². The molecule has 0 N–H and O–H groups in total. The molecular weight excluding hydrogens is 338 g/mol. The molecule has 0 fully saturated rings. The van der Waals surface area contributed by atoms with E-state index >= 15 is 0 Å². The summed E-state index contributed by atoms with van der Waals surface area (Å²) in [6.07, 6.45) is 0. The van der Waals surface area contributed by atoms with Crippen molar-refractivity contribution in [2.24, 2.45) is 0 Å². The predicted octanol–water partition coefficient (Wildman–Crippen LogP) is 2.93. The Hall–Kier alpha value is -3.40. The van der Waals surface area contributed by atoms with E-state index in [4.69, 9.17) is 23.7 Å². The molecular formula is C19H17NO6. The summed E-state index contributed by atoms with van der Waals surface area (Å²) in [5.74, 6) is 0.428. The Labute approximate surface area is 150 Å². The van der Waals surface area contributed by atoms with Gasteiger partial charge in [-0.25, -0.2) is 0 Å². The molecule has 7 nitrogen and oxygen atoms in total. The molecule has 1 aliphatic heterocycles. The van der Waals surface area contributed by atoms with Crippen LogP contribution >= 0.6 is 0 Å². The molecule has 0 unspecified atom stereocenters. The van der Waals surface area contributed by atoms with Crippen molar-refractivity contribution in [3.8, 4) is 34.8 Å². The number of Topliss-reactive ketones (excluding diaryl/α,β-unsaturated/α-hetero) is 1. The van der Waals surface area contributed by atoms with E-state index in [1.165, 1.54) is 20.3 Å². The lowest BCUT2D eigenvalue weighted by molar-refractivity contribution is 0.0974. The number of hydrogen-bond acceptors (Lipinski definition) is 7. The first-order valence-corrected chi connectivity index (χ1v) is 7.77. The van der Waals surface area contributed by atoms with Crippen molar-refractivity contribution in [1.29, 1.82) is 5.26 Å². The van der Waals surface area contributed by atoms with Crippen molar-refractivity contribution in [2.75, 3.05) is 28.1 Å². The van der Waals surface area contributed by atoms with Gasteiger partial charge in [-0.2, -0.15) is 5.26 Å². The number of rotatable bonds is 6. The lowest BCUT2D eigenvalue weighted by Gasteiger charge is -2.15. The van der Waals surface area contributed by atoms with Crippen LogP contribution in [0.15, 0.2) is 30.3 Å². The fourth-order valence-electron chi connectivity index (χ4n) is 2.79. The number of fused-ring (bicyclic) bond motifs is 1. The van der Waals surface area contributed by atoms with Crippen LogP contribution in [0.1, 0.15) is 21.8 Å². The summed E-state index contributed by atoms with van der Waals surface area (Å²) >= 11 is 0. The van der Waals surface area contributed by atoms with E-state index in [2.05, 4.69) is 6.07 Å². The van der Waals surface area contributed by atoms with Gasteiger partial charge in [0.2, 0.25) is 18.3 Å². The minimum absolute atomic E-state index is 0.000143. The number of ether oxygens (including phenoxy) is 5. The zero-order valence-electron chi connectivity index (χ0n) is 14.6. The molecule has 3 rings (SSSR count). The molecule has 0 radical (unpaired) electrons. The molecule has 0 aromatic heterocycles. The van der Waals surface area contributed by atoms with Crippen molar-refractivity contribution < 1.29 is 28.5 Å². The molecule has 0 saturated carbocycles. The molecule has 7 heteroatoms. The Kier molecular flexibility index (Phi) is 4.85. The quantitative estimate of drug-likeness (QED) is 0.736. The predicted molar refractivity (Wildman–Crippen MR) is 91.3 cm³/mol. The Bertz CT molecular complexity index is 869. The summed E-state index contributed by atoms with van der Waals surface area (Å²) in [5.41, 5.74) is 0.743. The minimum Gasteiger partial charge on any atom is -0.497 e. The molecule has 0 saturated heterocycles. The summed E-state index contributed by atoms with van der Waals surface area (Å²) in [7, 11) is 4.43. The first-order chi connectivity index (χ1) is 12.6. The Morgan fingerprint density at radius 2 is 1.77 bits per heavy atom. The lowest BCUT2D eigenvalue weighted by atomic mass is 9.91. The SMILES string of the molecule is COc1ccc([C@H](C#N)C(=O)c2cc(OC)c3c(c2OC)OCO3)cc1. The molecule has 1 aliphatic rings. The number of carbonyl (C=O) groups excluding carboxylic acids is 1. The maximum absolute atomic E-state index is 13.1. The Morgan fingerprint density at radius 3 is 2.35 bits per heavy atom. The van der Waals surface area contributed by atoms with Crippen molar-refractivity contribution >= 4 is 5.78 Å². The summed E-state index contributed by atoms with van der Waals surface area (Å²) in [4.78, 5) is 13.1. The van der Waals surface area contributed by atoms with E-state index in [1.807, 2.05) is 0 Å². The van der Waals surface area contributed by atoms with Gasteiger partial charge in [0.05, 0.1) is 33.0 Å². The fraction of sp³-hybridized carbons (Fsp3) is 0.263. The standard InChI is InChI=1S/C19H17NO6/c1-22-12-6-4-11(5-7-12)14(9-20)16(21)13-8-15(23-2)18-19(17(13)24-3)26-10-25-18/h4-8,14H,10H2,1-3H3/t14-/m0/s1. The van der Waals surface area contributed by atoms with Crippen LogP contribution < -0.4 is 23.7 Å². The molecule has 0 bridgehead atoms. The summed E-state index contributed by atoms with van der Waals surface area (Å²) in [6, 6.07) is 10.3. The third-order valence-electron chi connectivity index (χ3n) is 4.09. The van der Waals surface area contributed by atoms with Gasteiger partial charge in [0.15, 0.2) is 17.3 Å². The first-order valence-electron chi connectivity index (χ1n) is 7.77. The average Bonchev–Trinajstić information content (AvgIpc) is 3.17. The van der Waals surface area contributed by atoms with Crippen LogP contribution in [0, 0.1) is 11.3 Å². The van der Waals surface area contributed by atoms with Gasteiger partial charge in [0.25, 0.3) is 0 Å². The molecule has 0 spiro atoms. The largest absolute Gasteiger partial charge is 0.497 e. The highest BCUT2D eigenvalue weighted by Crippen LogP contribution is 2.50. The number of hydrogen-bond donors (Lipinski definition) is 0. The van der Waals surface area contributed by atoms with Gasteiger partial charge in [0, 0.05) is 0 Å². The van der Waals surface area contributed by atoms with Crippen LogP contribution in [0.2, 0.25) is 0 Å². The summed E-state index contributed by atoms with van der Waals surface area (Å²) < 4.78 is 26.6. The number of ketones is 1. The van der Waals surface area contributed by atoms with Gasteiger partial charge >= 0.3 is 0 Å². The third kappa shape index (κ3) is 2.86. The lowest BCUT2D eigenvalue weighted by Crippen LogP contribution is -2.13. The number of benzene rings is 2. The molecule has 0 aliphatic carbocycles. The second kappa shape index (κ2) is 7.23. The monoisotopic (exact) mass is 355 g/mol. The maximum Gasteiger partial charge on any atom is 0.231 e. The third-order valence-corrected chi connectivity index (χ3v) is 4.09. The van der Waals surface area contributed by atoms with E-state index in [1.54, 1.807) is 31.4 Å². The second-order valence-electron chi connectivity index (χ2n) is 5.42. The van der Waals surface area contributed by atoms with Crippen molar-refractivity contribution in [2.45, 2.75) is 5.92 Å². The van der Waals surface area contributed by atoms with Gasteiger partial charge < -0.3 is 23.7 Å². The Balaban J connectivity index is 2.06. The van der Waals surface area contributed by atoms with Gasteiger partial charge in [-0.05, 0) is 23.8 Å². The van der Waals surface area contributed by atoms with E-state index in [-0.39, 0.29) is 18.1 Å². The van der Waals surface area contributed by atoms with Crippen molar-refractivity contribution in [3.63, 3.8) is 0 Å². The van der Waals surface area contributed by atoms with Gasteiger partial charge in [-0.1, -0.05) is 12.1 Å². The summed E-state index contributed by atoms with van der Waals surface area (Å²) in [6.45, 7) is -0.000143. The molecule has 2 aromatic carbocycles. The number of nitrogens with zero attached hydrogens (tertiary/aromatic N) is 1. The zero-order valence-corrected chi connectivity index (χ0v) is 14.6. The normalized spacial score (nSPS) is 12.8. The maximum atomic E-state index is 13.1.